The van der Waals surface area contributed by atoms with Crippen LogP contribution in [-0.4, -0.2) is 44.4 Å². The van der Waals surface area contributed by atoms with Crippen molar-refractivity contribution in [2.24, 2.45) is 5.92 Å². The summed E-state index contributed by atoms with van der Waals surface area (Å²) in [5.41, 5.74) is 0.909. The Bertz CT molecular complexity index is 767. The Labute approximate surface area is 153 Å². The molecule has 0 bridgehead atoms. The van der Waals surface area contributed by atoms with Gasteiger partial charge in [0.05, 0.1) is 19.5 Å². The van der Waals surface area contributed by atoms with Gasteiger partial charge in [0.1, 0.15) is 5.75 Å². The Morgan fingerprint density at radius 1 is 1.08 bits per heavy atom. The van der Waals surface area contributed by atoms with Crippen molar-refractivity contribution in [2.45, 2.75) is 51.2 Å². The minimum absolute atomic E-state index is 0.642. The van der Waals surface area contributed by atoms with Crippen LogP contribution in [-0.2, 0) is 6.67 Å². The van der Waals surface area contributed by atoms with Gasteiger partial charge in [0.15, 0.2) is 0 Å². The van der Waals surface area contributed by atoms with Crippen molar-refractivity contribution < 1.29 is 4.74 Å². The molecule has 0 spiro atoms. The highest BCUT2D eigenvalue weighted by Gasteiger charge is 2.33. The number of benzene rings is 1. The zero-order valence-electron chi connectivity index (χ0n) is 14.7. The molecule has 2 heterocycles. The Balaban J connectivity index is 1.53. The zero-order chi connectivity index (χ0) is 17.2. The first-order chi connectivity index (χ1) is 12.3. The number of methoxy groups -OCH3 is 1. The van der Waals surface area contributed by atoms with E-state index < -0.39 is 0 Å². The monoisotopic (exact) mass is 359 g/mol. The largest absolute Gasteiger partial charge is 0.497 e. The third kappa shape index (κ3) is 3.35. The first-order valence-electron chi connectivity index (χ1n) is 9.17. The minimum atomic E-state index is 0.642. The summed E-state index contributed by atoms with van der Waals surface area (Å²) in [6.45, 7) is 1.88. The van der Waals surface area contributed by atoms with Crippen LogP contribution in [0.5, 0.6) is 5.75 Å². The fourth-order valence-corrected chi connectivity index (χ4v) is 4.56. The molecule has 6 nitrogen and oxygen atoms in total. The maximum Gasteiger partial charge on any atom is 0.221 e. The van der Waals surface area contributed by atoms with Gasteiger partial charge in [0.2, 0.25) is 4.77 Å². The van der Waals surface area contributed by atoms with E-state index in [0.29, 0.717) is 10.8 Å². The summed E-state index contributed by atoms with van der Waals surface area (Å²) in [4.78, 5) is 2.57. The van der Waals surface area contributed by atoms with Crippen molar-refractivity contribution in [3.63, 3.8) is 0 Å². The van der Waals surface area contributed by atoms with Crippen molar-refractivity contribution in [3.05, 3.63) is 29.0 Å². The summed E-state index contributed by atoms with van der Waals surface area (Å²) in [5.74, 6) is 1.67. The van der Waals surface area contributed by atoms with Crippen LogP contribution in [0.1, 0.15) is 38.5 Å². The van der Waals surface area contributed by atoms with Gasteiger partial charge in [-0.05, 0) is 78.5 Å². The Morgan fingerprint density at radius 3 is 2.64 bits per heavy atom. The predicted octanol–water partition coefficient (Wildman–Crippen LogP) is 3.42. The van der Waals surface area contributed by atoms with Crippen molar-refractivity contribution in [1.82, 2.24) is 24.7 Å². The van der Waals surface area contributed by atoms with E-state index in [1.165, 1.54) is 38.5 Å². The van der Waals surface area contributed by atoms with E-state index in [9.17, 15) is 0 Å². The fourth-order valence-electron chi connectivity index (χ4n) is 4.32. The second kappa shape index (κ2) is 7.25. The first-order valence-corrected chi connectivity index (χ1v) is 9.58. The Morgan fingerprint density at radius 2 is 1.84 bits per heavy atom. The Hall–Kier alpha value is -1.73. The number of aromatic nitrogens is 4. The summed E-state index contributed by atoms with van der Waals surface area (Å²) in [5, 5.41) is 8.59. The van der Waals surface area contributed by atoms with Crippen LogP contribution in [0.3, 0.4) is 0 Å². The Kier molecular flexibility index (Phi) is 4.85. The van der Waals surface area contributed by atoms with Crippen LogP contribution in [0, 0.1) is 10.7 Å². The van der Waals surface area contributed by atoms with Crippen LogP contribution < -0.4 is 4.74 Å². The molecule has 0 unspecified atom stereocenters. The molecule has 25 heavy (non-hydrogen) atoms. The lowest BCUT2D eigenvalue weighted by Crippen LogP contribution is -2.47. The van der Waals surface area contributed by atoms with Gasteiger partial charge in [0.25, 0.3) is 0 Å². The second-order valence-electron chi connectivity index (χ2n) is 7.08. The van der Waals surface area contributed by atoms with Gasteiger partial charge in [-0.25, -0.2) is 4.68 Å². The van der Waals surface area contributed by atoms with Crippen molar-refractivity contribution in [1.29, 1.82) is 0 Å². The number of hydrogen-bond donors (Lipinski definition) is 0. The molecule has 0 amide bonds. The number of piperidine rings is 1. The average Bonchev–Trinajstić information content (AvgIpc) is 3.03. The molecule has 1 saturated carbocycles. The molecule has 7 heteroatoms. The van der Waals surface area contributed by atoms with Gasteiger partial charge < -0.3 is 4.74 Å². The highest BCUT2D eigenvalue weighted by atomic mass is 32.1. The number of rotatable bonds is 4. The van der Waals surface area contributed by atoms with E-state index in [-0.39, 0.29) is 0 Å². The summed E-state index contributed by atoms with van der Waals surface area (Å²) in [6.07, 6.45) is 8.09. The fraction of sp³-hybridized carbons (Fsp3) is 0.611. The quantitative estimate of drug-likeness (QED) is 0.783. The van der Waals surface area contributed by atoms with Crippen LogP contribution >= 0.6 is 12.2 Å². The topological polar surface area (TPSA) is 48.1 Å². The lowest BCUT2D eigenvalue weighted by Gasteiger charge is -2.43. The maximum atomic E-state index is 5.63. The lowest BCUT2D eigenvalue weighted by atomic mass is 9.78. The van der Waals surface area contributed by atoms with Gasteiger partial charge in [-0.15, -0.1) is 0 Å². The molecule has 4 rings (SSSR count). The summed E-state index contributed by atoms with van der Waals surface area (Å²) in [7, 11) is 1.66. The first kappa shape index (κ1) is 16.7. The number of fused-ring (bicyclic) bond motifs is 1. The SMILES string of the molecule is COc1ccc(-n2nnn(CN3CCC[C@H]4CCCC[C@@H]43)c2=S)cc1. The summed E-state index contributed by atoms with van der Waals surface area (Å²) in [6, 6.07) is 8.41. The van der Waals surface area contributed by atoms with Gasteiger partial charge >= 0.3 is 0 Å². The zero-order valence-corrected chi connectivity index (χ0v) is 15.5. The molecule has 2 atom stereocenters. The highest BCUT2D eigenvalue weighted by Crippen LogP contribution is 2.35. The van der Waals surface area contributed by atoms with E-state index in [0.717, 1.165) is 30.6 Å². The molecule has 2 aliphatic rings. The van der Waals surface area contributed by atoms with E-state index in [1.54, 1.807) is 11.8 Å². The lowest BCUT2D eigenvalue weighted by molar-refractivity contribution is 0.0319. The number of tetrazole rings is 1. The molecule has 0 radical (unpaired) electrons. The van der Waals surface area contributed by atoms with Gasteiger partial charge in [0, 0.05) is 12.6 Å². The number of hydrogen-bond acceptors (Lipinski definition) is 5. The molecule has 1 aromatic heterocycles. The van der Waals surface area contributed by atoms with Crippen LogP contribution in [0.2, 0.25) is 0 Å². The van der Waals surface area contributed by atoms with Crippen LogP contribution in [0.25, 0.3) is 5.69 Å². The average molecular weight is 359 g/mol. The molecule has 1 aliphatic carbocycles. The molecule has 2 fully saturated rings. The predicted molar refractivity (Wildman–Crippen MR) is 98.4 cm³/mol. The summed E-state index contributed by atoms with van der Waals surface area (Å²) >= 11 is 5.63. The van der Waals surface area contributed by atoms with Crippen molar-refractivity contribution >= 4 is 12.2 Å². The van der Waals surface area contributed by atoms with E-state index in [4.69, 9.17) is 17.0 Å². The minimum Gasteiger partial charge on any atom is -0.497 e. The van der Waals surface area contributed by atoms with E-state index >= 15 is 0 Å². The van der Waals surface area contributed by atoms with Crippen molar-refractivity contribution in [3.8, 4) is 11.4 Å². The van der Waals surface area contributed by atoms with Gasteiger partial charge in [-0.2, -0.15) is 4.68 Å². The number of likely N-dealkylation sites (tertiary alicyclic amines) is 1. The molecular weight excluding hydrogens is 334 g/mol. The van der Waals surface area contributed by atoms with Crippen molar-refractivity contribution in [2.75, 3.05) is 13.7 Å². The molecular formula is C18H25N5OS. The number of nitrogens with zero attached hydrogens (tertiary/aromatic N) is 5. The van der Waals surface area contributed by atoms with E-state index in [1.807, 2.05) is 28.9 Å². The third-order valence-electron chi connectivity index (χ3n) is 5.63. The van der Waals surface area contributed by atoms with Crippen LogP contribution in [0.4, 0.5) is 0 Å². The molecule has 1 aromatic carbocycles. The molecule has 1 saturated heterocycles. The molecule has 0 N–H and O–H groups in total. The van der Waals surface area contributed by atoms with Gasteiger partial charge in [-0.1, -0.05) is 12.8 Å². The summed E-state index contributed by atoms with van der Waals surface area (Å²) < 4.78 is 9.43. The smallest absolute Gasteiger partial charge is 0.221 e. The molecule has 134 valence electrons. The highest BCUT2D eigenvalue weighted by molar-refractivity contribution is 7.71. The molecule has 2 aromatic rings. The number of ether oxygens (including phenoxy) is 1. The third-order valence-corrected chi connectivity index (χ3v) is 6.01. The van der Waals surface area contributed by atoms with Crippen LogP contribution in [0.15, 0.2) is 24.3 Å². The van der Waals surface area contributed by atoms with Gasteiger partial charge in [-0.3, -0.25) is 4.90 Å². The second-order valence-corrected chi connectivity index (χ2v) is 7.44. The standard InChI is InChI=1S/C18H25N5OS/c1-24-16-10-8-15(9-11-16)23-18(25)22(19-20-23)13-21-12-4-6-14-5-2-3-7-17(14)21/h8-11,14,17H,2-7,12-13H2,1H3/t14-,17+/m1/s1. The maximum absolute atomic E-state index is 5.63. The van der Waals surface area contributed by atoms with E-state index in [2.05, 4.69) is 15.3 Å². The normalized spacial score (nSPS) is 24.0. The molecule has 1 aliphatic heterocycles.